The molecule has 3 rings (SSSR count). The van der Waals surface area contributed by atoms with E-state index in [1.807, 2.05) is 23.1 Å². The number of rotatable bonds is 5. The van der Waals surface area contributed by atoms with Gasteiger partial charge in [0.25, 0.3) is 6.43 Å². The molecule has 1 aliphatic heterocycles. The van der Waals surface area contributed by atoms with Gasteiger partial charge in [0, 0.05) is 24.7 Å². The second-order valence-corrected chi connectivity index (χ2v) is 6.70. The zero-order valence-electron chi connectivity index (χ0n) is 12.6. The maximum absolute atomic E-state index is 12.9. The fourth-order valence-electron chi connectivity index (χ4n) is 3.59. The fourth-order valence-corrected chi connectivity index (χ4v) is 3.59. The lowest BCUT2D eigenvalue weighted by atomic mass is 9.88. The molecule has 0 aromatic heterocycles. The summed E-state index contributed by atoms with van der Waals surface area (Å²) in [6.07, 6.45) is 1.02. The molecule has 116 valence electrons. The standard InChI is InChI=1S/C17H24F2N2/c1-17(14-7-8-14)12-20-15(10-21(17)11-16(18)19)9-13-5-3-2-4-6-13/h2-6,14-16,20H,7-12H2,1H3. The van der Waals surface area contributed by atoms with Gasteiger partial charge < -0.3 is 5.32 Å². The van der Waals surface area contributed by atoms with Gasteiger partial charge in [-0.15, -0.1) is 0 Å². The zero-order chi connectivity index (χ0) is 14.9. The predicted molar refractivity (Wildman–Crippen MR) is 80.6 cm³/mol. The topological polar surface area (TPSA) is 15.3 Å². The lowest BCUT2D eigenvalue weighted by Crippen LogP contribution is -2.65. The van der Waals surface area contributed by atoms with E-state index in [2.05, 4.69) is 24.4 Å². The van der Waals surface area contributed by atoms with E-state index in [4.69, 9.17) is 0 Å². The Hall–Kier alpha value is -1.00. The third kappa shape index (κ3) is 3.43. The maximum atomic E-state index is 12.9. The van der Waals surface area contributed by atoms with Crippen LogP contribution in [0.1, 0.15) is 25.3 Å². The Morgan fingerprint density at radius 2 is 2.00 bits per heavy atom. The van der Waals surface area contributed by atoms with Crippen LogP contribution in [-0.4, -0.2) is 42.5 Å². The minimum absolute atomic E-state index is 0.0936. The number of benzene rings is 1. The molecule has 21 heavy (non-hydrogen) atoms. The average molecular weight is 294 g/mol. The van der Waals surface area contributed by atoms with Crippen LogP contribution in [0.2, 0.25) is 0 Å². The number of hydrogen-bond donors (Lipinski definition) is 1. The number of halogens is 2. The van der Waals surface area contributed by atoms with Crippen molar-refractivity contribution in [2.75, 3.05) is 19.6 Å². The first-order valence-corrected chi connectivity index (χ1v) is 7.88. The first-order chi connectivity index (χ1) is 10.1. The Balaban J connectivity index is 1.67. The molecule has 1 aromatic rings. The van der Waals surface area contributed by atoms with Crippen molar-refractivity contribution in [3.8, 4) is 0 Å². The van der Waals surface area contributed by atoms with E-state index >= 15 is 0 Å². The van der Waals surface area contributed by atoms with Crippen LogP contribution in [0.25, 0.3) is 0 Å². The van der Waals surface area contributed by atoms with Crippen molar-refractivity contribution in [2.24, 2.45) is 5.92 Å². The summed E-state index contributed by atoms with van der Waals surface area (Å²) in [6.45, 7) is 3.59. The first-order valence-electron chi connectivity index (χ1n) is 7.88. The summed E-state index contributed by atoms with van der Waals surface area (Å²) < 4.78 is 25.9. The molecule has 1 saturated heterocycles. The normalized spacial score (nSPS) is 30.8. The smallest absolute Gasteiger partial charge is 0.251 e. The second kappa shape index (κ2) is 6.01. The predicted octanol–water partition coefficient (Wildman–Crippen LogP) is 2.94. The lowest BCUT2D eigenvalue weighted by molar-refractivity contribution is -0.0125. The van der Waals surface area contributed by atoms with Crippen molar-refractivity contribution in [1.82, 2.24) is 10.2 Å². The molecule has 2 atom stereocenters. The van der Waals surface area contributed by atoms with Crippen LogP contribution in [0.4, 0.5) is 8.78 Å². The highest BCUT2D eigenvalue weighted by Gasteiger charge is 2.48. The third-order valence-corrected chi connectivity index (χ3v) is 5.05. The molecule has 2 unspecified atom stereocenters. The Morgan fingerprint density at radius 1 is 1.29 bits per heavy atom. The van der Waals surface area contributed by atoms with Crippen LogP contribution in [0.3, 0.4) is 0 Å². The number of nitrogens with one attached hydrogen (secondary N) is 1. The largest absolute Gasteiger partial charge is 0.311 e. The van der Waals surface area contributed by atoms with Gasteiger partial charge in [-0.3, -0.25) is 4.90 Å². The molecule has 2 fully saturated rings. The van der Waals surface area contributed by atoms with Gasteiger partial charge in [0.1, 0.15) is 0 Å². The highest BCUT2D eigenvalue weighted by atomic mass is 19.3. The Bertz CT molecular complexity index is 461. The molecule has 0 bridgehead atoms. The molecule has 1 N–H and O–H groups in total. The van der Waals surface area contributed by atoms with E-state index in [0.29, 0.717) is 12.5 Å². The minimum Gasteiger partial charge on any atom is -0.311 e. The van der Waals surface area contributed by atoms with Crippen molar-refractivity contribution in [3.05, 3.63) is 35.9 Å². The van der Waals surface area contributed by atoms with Crippen molar-refractivity contribution in [1.29, 1.82) is 0 Å². The van der Waals surface area contributed by atoms with Crippen molar-refractivity contribution < 1.29 is 8.78 Å². The summed E-state index contributed by atoms with van der Waals surface area (Å²) in [6, 6.07) is 10.5. The molecular formula is C17H24F2N2. The van der Waals surface area contributed by atoms with Crippen molar-refractivity contribution in [2.45, 2.75) is 44.2 Å². The SMILES string of the molecule is CC1(C2CC2)CNC(Cc2ccccc2)CN1CC(F)F. The van der Waals surface area contributed by atoms with E-state index in [1.54, 1.807) is 0 Å². The van der Waals surface area contributed by atoms with Crippen LogP contribution in [0.5, 0.6) is 0 Å². The highest BCUT2D eigenvalue weighted by Crippen LogP contribution is 2.44. The molecule has 1 aliphatic carbocycles. The van der Waals surface area contributed by atoms with Gasteiger partial charge in [0.15, 0.2) is 0 Å². The highest BCUT2D eigenvalue weighted by molar-refractivity contribution is 5.17. The van der Waals surface area contributed by atoms with Crippen molar-refractivity contribution >= 4 is 0 Å². The van der Waals surface area contributed by atoms with E-state index in [0.717, 1.165) is 13.0 Å². The van der Waals surface area contributed by atoms with Gasteiger partial charge in [0.05, 0.1) is 6.54 Å². The van der Waals surface area contributed by atoms with Crippen LogP contribution in [0, 0.1) is 5.92 Å². The monoisotopic (exact) mass is 294 g/mol. The summed E-state index contributed by atoms with van der Waals surface area (Å²) in [5.41, 5.74) is 1.17. The Labute approximate surface area is 125 Å². The molecule has 2 aliphatic rings. The van der Waals surface area contributed by atoms with E-state index < -0.39 is 6.43 Å². The summed E-state index contributed by atoms with van der Waals surface area (Å²) >= 11 is 0. The van der Waals surface area contributed by atoms with Crippen LogP contribution in [-0.2, 0) is 6.42 Å². The summed E-state index contributed by atoms with van der Waals surface area (Å²) in [4.78, 5) is 2.04. The van der Waals surface area contributed by atoms with Crippen LogP contribution in [0.15, 0.2) is 30.3 Å². The lowest BCUT2D eigenvalue weighted by Gasteiger charge is -2.48. The first kappa shape index (κ1) is 14.9. The molecule has 2 nitrogen and oxygen atoms in total. The summed E-state index contributed by atoms with van der Waals surface area (Å²) in [5, 5.41) is 3.60. The van der Waals surface area contributed by atoms with Crippen LogP contribution < -0.4 is 5.32 Å². The molecule has 0 spiro atoms. The molecule has 4 heteroatoms. The molecular weight excluding hydrogens is 270 g/mol. The second-order valence-electron chi connectivity index (χ2n) is 6.70. The van der Waals surface area contributed by atoms with E-state index in [9.17, 15) is 8.78 Å². The maximum Gasteiger partial charge on any atom is 0.251 e. The number of alkyl halides is 2. The zero-order valence-corrected chi connectivity index (χ0v) is 12.6. The Morgan fingerprint density at radius 3 is 2.62 bits per heavy atom. The minimum atomic E-state index is -2.25. The average Bonchev–Trinajstić information content (AvgIpc) is 3.28. The Kier molecular flexibility index (Phi) is 4.27. The number of piperazine rings is 1. The molecule has 1 saturated carbocycles. The molecule has 0 amide bonds. The molecule has 0 radical (unpaired) electrons. The third-order valence-electron chi connectivity index (χ3n) is 5.05. The van der Waals surface area contributed by atoms with Gasteiger partial charge in [-0.05, 0) is 37.7 Å². The summed E-state index contributed by atoms with van der Waals surface area (Å²) in [7, 11) is 0. The van der Waals surface area contributed by atoms with E-state index in [-0.39, 0.29) is 18.1 Å². The van der Waals surface area contributed by atoms with Gasteiger partial charge in [-0.1, -0.05) is 30.3 Å². The van der Waals surface area contributed by atoms with Crippen LogP contribution >= 0.6 is 0 Å². The molecule has 1 aromatic carbocycles. The number of hydrogen-bond acceptors (Lipinski definition) is 2. The fraction of sp³-hybridized carbons (Fsp3) is 0.647. The van der Waals surface area contributed by atoms with Gasteiger partial charge in [0.2, 0.25) is 0 Å². The van der Waals surface area contributed by atoms with Gasteiger partial charge >= 0.3 is 0 Å². The van der Waals surface area contributed by atoms with Gasteiger partial charge in [-0.2, -0.15) is 0 Å². The molecule has 1 heterocycles. The number of nitrogens with zero attached hydrogens (tertiary/aromatic N) is 1. The van der Waals surface area contributed by atoms with Gasteiger partial charge in [-0.25, -0.2) is 8.78 Å². The van der Waals surface area contributed by atoms with E-state index in [1.165, 1.54) is 18.4 Å². The summed E-state index contributed by atoms with van der Waals surface area (Å²) in [5.74, 6) is 0.585. The van der Waals surface area contributed by atoms with Crippen molar-refractivity contribution in [3.63, 3.8) is 0 Å². The quantitative estimate of drug-likeness (QED) is 0.898.